The highest BCUT2D eigenvalue weighted by Crippen LogP contribution is 2.22. The average Bonchev–Trinajstić information content (AvgIpc) is 2.35. The van der Waals surface area contributed by atoms with Gasteiger partial charge in [-0.2, -0.15) is 0 Å². The summed E-state index contributed by atoms with van der Waals surface area (Å²) < 4.78 is 26.5. The number of halogens is 2. The van der Waals surface area contributed by atoms with Crippen LogP contribution in [-0.4, -0.2) is 10.1 Å². The second-order valence-corrected chi connectivity index (χ2v) is 4.19. The van der Waals surface area contributed by atoms with Gasteiger partial charge in [-0.25, -0.2) is 8.78 Å². The molecule has 18 heavy (non-hydrogen) atoms. The molecule has 0 saturated carbocycles. The molecule has 0 aliphatic rings. The van der Waals surface area contributed by atoms with E-state index in [0.717, 1.165) is 11.6 Å². The summed E-state index contributed by atoms with van der Waals surface area (Å²) in [6.07, 6.45) is 0.723. The third kappa shape index (κ3) is 2.71. The van der Waals surface area contributed by atoms with Gasteiger partial charge in [-0.05, 0) is 24.6 Å². The molecule has 4 heteroatoms. The zero-order valence-electron chi connectivity index (χ0n) is 9.90. The van der Waals surface area contributed by atoms with Crippen LogP contribution in [0.15, 0.2) is 36.5 Å². The van der Waals surface area contributed by atoms with Gasteiger partial charge < -0.3 is 5.11 Å². The third-order valence-corrected chi connectivity index (χ3v) is 2.72. The van der Waals surface area contributed by atoms with Crippen molar-refractivity contribution in [2.45, 2.75) is 19.4 Å². The Morgan fingerprint density at radius 1 is 1.22 bits per heavy atom. The van der Waals surface area contributed by atoms with E-state index in [4.69, 9.17) is 0 Å². The van der Waals surface area contributed by atoms with Crippen LogP contribution in [0, 0.1) is 18.6 Å². The fourth-order valence-corrected chi connectivity index (χ4v) is 1.71. The summed E-state index contributed by atoms with van der Waals surface area (Å²) in [5.41, 5.74) is 1.60. The topological polar surface area (TPSA) is 33.1 Å². The van der Waals surface area contributed by atoms with Gasteiger partial charge in [-0.1, -0.05) is 18.2 Å². The summed E-state index contributed by atoms with van der Waals surface area (Å²) in [6.45, 7) is 1.90. The van der Waals surface area contributed by atoms with Crippen molar-refractivity contribution < 1.29 is 13.9 Å². The molecule has 0 fully saturated rings. The predicted octanol–water partition coefficient (Wildman–Crippen LogP) is 2.94. The number of aliphatic hydroxyl groups is 1. The summed E-state index contributed by atoms with van der Waals surface area (Å²) in [7, 11) is 0. The summed E-state index contributed by atoms with van der Waals surface area (Å²) in [6, 6.07) is 7.39. The van der Waals surface area contributed by atoms with Gasteiger partial charge >= 0.3 is 0 Å². The van der Waals surface area contributed by atoms with Crippen molar-refractivity contribution in [1.82, 2.24) is 4.98 Å². The number of nitrogens with zero attached hydrogens (tertiary/aromatic N) is 1. The molecule has 1 aromatic heterocycles. The molecule has 0 aliphatic heterocycles. The normalized spacial score (nSPS) is 12.4. The number of pyridine rings is 1. The van der Waals surface area contributed by atoms with Gasteiger partial charge in [0.2, 0.25) is 0 Å². The minimum Gasteiger partial charge on any atom is -0.388 e. The van der Waals surface area contributed by atoms with Crippen LogP contribution in [0.4, 0.5) is 8.78 Å². The summed E-state index contributed by atoms with van der Waals surface area (Å²) in [5, 5.41) is 9.90. The van der Waals surface area contributed by atoms with E-state index in [1.54, 1.807) is 12.3 Å². The lowest BCUT2D eigenvalue weighted by molar-refractivity contribution is 0.171. The Labute approximate surface area is 104 Å². The van der Waals surface area contributed by atoms with Gasteiger partial charge in [0.05, 0.1) is 6.10 Å². The van der Waals surface area contributed by atoms with E-state index >= 15 is 0 Å². The van der Waals surface area contributed by atoms with Gasteiger partial charge in [0.1, 0.15) is 0 Å². The number of rotatable bonds is 3. The first kappa shape index (κ1) is 12.6. The minimum absolute atomic E-state index is 0.0441. The van der Waals surface area contributed by atoms with E-state index in [-0.39, 0.29) is 12.0 Å². The highest BCUT2D eigenvalue weighted by atomic mass is 19.2. The molecule has 1 aromatic carbocycles. The maximum Gasteiger partial charge on any atom is 0.164 e. The fourth-order valence-electron chi connectivity index (χ4n) is 1.71. The molecule has 2 nitrogen and oxygen atoms in total. The van der Waals surface area contributed by atoms with Gasteiger partial charge in [0.15, 0.2) is 11.6 Å². The molecule has 0 bridgehead atoms. The molecular formula is C14H13F2NO. The number of hydrogen-bond donors (Lipinski definition) is 1. The predicted molar refractivity (Wildman–Crippen MR) is 64.0 cm³/mol. The van der Waals surface area contributed by atoms with Crippen molar-refractivity contribution in [3.63, 3.8) is 0 Å². The van der Waals surface area contributed by atoms with Crippen molar-refractivity contribution in [3.05, 3.63) is 65.0 Å². The summed E-state index contributed by atoms with van der Waals surface area (Å²) in [5.74, 6) is -1.96. The molecule has 0 saturated heterocycles. The molecule has 2 aromatic rings. The Morgan fingerprint density at radius 3 is 2.67 bits per heavy atom. The van der Waals surface area contributed by atoms with Crippen LogP contribution >= 0.6 is 0 Å². The first-order valence-corrected chi connectivity index (χ1v) is 5.61. The first-order valence-electron chi connectivity index (χ1n) is 5.61. The van der Waals surface area contributed by atoms with Crippen LogP contribution in [0.1, 0.15) is 22.9 Å². The van der Waals surface area contributed by atoms with Gasteiger partial charge in [-0.3, -0.25) is 4.98 Å². The average molecular weight is 249 g/mol. The zero-order valence-corrected chi connectivity index (χ0v) is 9.90. The maximum absolute atomic E-state index is 13.5. The molecule has 0 amide bonds. The van der Waals surface area contributed by atoms with E-state index in [2.05, 4.69) is 4.98 Å². The van der Waals surface area contributed by atoms with E-state index in [1.807, 2.05) is 13.0 Å². The Kier molecular flexibility index (Phi) is 3.67. The summed E-state index contributed by atoms with van der Waals surface area (Å²) >= 11 is 0. The molecule has 1 unspecified atom stereocenters. The lowest BCUT2D eigenvalue weighted by Crippen LogP contribution is -2.06. The van der Waals surface area contributed by atoms with Crippen molar-refractivity contribution >= 4 is 0 Å². The smallest absolute Gasteiger partial charge is 0.164 e. The van der Waals surface area contributed by atoms with E-state index < -0.39 is 17.7 Å². The SMILES string of the molecule is Cc1ccc(CC(O)c2cccc(F)c2F)nc1. The Balaban J connectivity index is 2.19. The van der Waals surface area contributed by atoms with Gasteiger partial charge in [0, 0.05) is 23.9 Å². The number of aryl methyl sites for hydroxylation is 1. The van der Waals surface area contributed by atoms with Crippen LogP contribution in [0.3, 0.4) is 0 Å². The minimum atomic E-state index is -1.10. The van der Waals surface area contributed by atoms with Gasteiger partial charge in [-0.15, -0.1) is 0 Å². The Morgan fingerprint density at radius 2 is 2.00 bits per heavy atom. The molecule has 0 spiro atoms. The van der Waals surface area contributed by atoms with E-state index in [1.165, 1.54) is 12.1 Å². The van der Waals surface area contributed by atoms with Crippen LogP contribution in [0.5, 0.6) is 0 Å². The second-order valence-electron chi connectivity index (χ2n) is 4.19. The third-order valence-electron chi connectivity index (χ3n) is 2.72. The quantitative estimate of drug-likeness (QED) is 0.907. The molecule has 0 aliphatic carbocycles. The number of hydrogen-bond acceptors (Lipinski definition) is 2. The molecule has 94 valence electrons. The largest absolute Gasteiger partial charge is 0.388 e. The van der Waals surface area contributed by atoms with Crippen molar-refractivity contribution in [3.8, 4) is 0 Å². The standard InChI is InChI=1S/C14H13F2NO/c1-9-5-6-10(17-8-9)7-13(18)11-3-2-4-12(15)14(11)16/h2-6,8,13,18H,7H2,1H3. The lowest BCUT2D eigenvalue weighted by atomic mass is 10.0. The molecular weight excluding hydrogens is 236 g/mol. The second kappa shape index (κ2) is 5.23. The van der Waals surface area contributed by atoms with E-state index in [0.29, 0.717) is 5.69 Å². The van der Waals surface area contributed by atoms with Crippen LogP contribution < -0.4 is 0 Å². The molecule has 1 heterocycles. The number of aromatic nitrogens is 1. The van der Waals surface area contributed by atoms with Crippen LogP contribution in [0.2, 0.25) is 0 Å². The highest BCUT2D eigenvalue weighted by Gasteiger charge is 2.16. The molecule has 0 radical (unpaired) electrons. The van der Waals surface area contributed by atoms with Crippen LogP contribution in [0.25, 0.3) is 0 Å². The lowest BCUT2D eigenvalue weighted by Gasteiger charge is -2.11. The fraction of sp³-hybridized carbons (Fsp3) is 0.214. The molecule has 1 N–H and O–H groups in total. The molecule has 1 atom stereocenters. The van der Waals surface area contributed by atoms with Crippen molar-refractivity contribution in [1.29, 1.82) is 0 Å². The Hall–Kier alpha value is -1.81. The van der Waals surface area contributed by atoms with Crippen molar-refractivity contribution in [2.75, 3.05) is 0 Å². The Bertz CT molecular complexity index is 540. The maximum atomic E-state index is 13.5. The monoisotopic (exact) mass is 249 g/mol. The number of benzene rings is 1. The van der Waals surface area contributed by atoms with Crippen molar-refractivity contribution in [2.24, 2.45) is 0 Å². The summed E-state index contributed by atoms with van der Waals surface area (Å²) in [4.78, 5) is 4.12. The highest BCUT2D eigenvalue weighted by molar-refractivity contribution is 5.23. The van der Waals surface area contributed by atoms with Crippen LogP contribution in [-0.2, 0) is 6.42 Å². The van der Waals surface area contributed by atoms with Gasteiger partial charge in [0.25, 0.3) is 0 Å². The zero-order chi connectivity index (χ0) is 13.1. The number of aliphatic hydroxyl groups excluding tert-OH is 1. The van der Waals surface area contributed by atoms with E-state index in [9.17, 15) is 13.9 Å². The molecule has 2 rings (SSSR count). The first-order chi connectivity index (χ1) is 8.58.